The Labute approximate surface area is 91.6 Å². The van der Waals surface area contributed by atoms with E-state index in [9.17, 15) is 9.59 Å². The highest BCUT2D eigenvalue weighted by Crippen LogP contribution is 2.18. The lowest BCUT2D eigenvalue weighted by Gasteiger charge is -2.24. The Morgan fingerprint density at radius 3 is 2.40 bits per heavy atom. The van der Waals surface area contributed by atoms with Gasteiger partial charge in [0.15, 0.2) is 0 Å². The molecule has 3 heteroatoms. The third-order valence-corrected chi connectivity index (χ3v) is 2.99. The van der Waals surface area contributed by atoms with E-state index in [4.69, 9.17) is 0 Å². The summed E-state index contributed by atoms with van der Waals surface area (Å²) in [6.45, 7) is 3.35. The molecule has 1 aliphatic carbocycles. The number of Topliss-reactive ketones (excluding diaryl/α,β-unsaturated/α-hetero) is 1. The van der Waals surface area contributed by atoms with Crippen molar-refractivity contribution in [3.63, 3.8) is 0 Å². The molecule has 1 atom stereocenters. The fourth-order valence-electron chi connectivity index (χ4n) is 2.11. The molecule has 1 saturated carbocycles. The first-order valence-corrected chi connectivity index (χ1v) is 5.89. The van der Waals surface area contributed by atoms with Gasteiger partial charge in [-0.15, -0.1) is 0 Å². The molecule has 15 heavy (non-hydrogen) atoms. The summed E-state index contributed by atoms with van der Waals surface area (Å²) in [4.78, 5) is 22.6. The molecule has 86 valence electrons. The summed E-state index contributed by atoms with van der Waals surface area (Å²) >= 11 is 0. The number of carbonyl (C=O) groups is 2. The van der Waals surface area contributed by atoms with Crippen LogP contribution in [0.3, 0.4) is 0 Å². The van der Waals surface area contributed by atoms with Crippen molar-refractivity contribution in [2.75, 3.05) is 0 Å². The van der Waals surface area contributed by atoms with Crippen molar-refractivity contribution in [1.29, 1.82) is 0 Å². The first-order chi connectivity index (χ1) is 7.09. The van der Waals surface area contributed by atoms with Crippen molar-refractivity contribution >= 4 is 11.7 Å². The second-order valence-electron chi connectivity index (χ2n) is 4.65. The molecule has 0 heterocycles. The number of hydrogen-bond donors (Lipinski definition) is 1. The minimum atomic E-state index is -0.176. The molecule has 1 amide bonds. The van der Waals surface area contributed by atoms with Crippen molar-refractivity contribution in [1.82, 2.24) is 5.32 Å². The van der Waals surface area contributed by atoms with Crippen LogP contribution in [0.1, 0.15) is 52.4 Å². The van der Waals surface area contributed by atoms with Gasteiger partial charge in [0, 0.05) is 18.4 Å². The molecule has 1 N–H and O–H groups in total. The van der Waals surface area contributed by atoms with Gasteiger partial charge in [-0.05, 0) is 19.8 Å². The van der Waals surface area contributed by atoms with Crippen LogP contribution in [-0.4, -0.2) is 17.7 Å². The van der Waals surface area contributed by atoms with E-state index in [0.29, 0.717) is 12.5 Å². The van der Waals surface area contributed by atoms with Crippen LogP contribution >= 0.6 is 0 Å². The van der Waals surface area contributed by atoms with Crippen LogP contribution in [-0.2, 0) is 9.59 Å². The molecule has 1 aliphatic rings. The molecule has 1 unspecified atom stereocenters. The Hall–Kier alpha value is -0.860. The molecule has 0 radical (unpaired) electrons. The number of hydrogen-bond acceptors (Lipinski definition) is 2. The van der Waals surface area contributed by atoms with Gasteiger partial charge in [0.2, 0.25) is 5.91 Å². The summed E-state index contributed by atoms with van der Waals surface area (Å²) in [5.41, 5.74) is 0. The highest BCUT2D eigenvalue weighted by molar-refractivity contribution is 5.85. The normalized spacial score (nSPS) is 19.6. The molecular formula is C12H21NO2. The summed E-state index contributed by atoms with van der Waals surface area (Å²) in [6, 6.07) is 0.348. The van der Waals surface area contributed by atoms with Gasteiger partial charge >= 0.3 is 0 Å². The summed E-state index contributed by atoms with van der Waals surface area (Å²) in [5, 5.41) is 3.03. The van der Waals surface area contributed by atoms with Crippen LogP contribution in [0, 0.1) is 5.92 Å². The van der Waals surface area contributed by atoms with E-state index >= 15 is 0 Å². The third kappa shape index (κ3) is 4.45. The number of nitrogens with one attached hydrogen (secondary N) is 1. The highest BCUT2D eigenvalue weighted by atomic mass is 16.2. The lowest BCUT2D eigenvalue weighted by molar-refractivity contribution is -0.129. The van der Waals surface area contributed by atoms with Crippen LogP contribution in [0.25, 0.3) is 0 Å². The Balaban J connectivity index is 2.30. The summed E-state index contributed by atoms with van der Waals surface area (Å²) < 4.78 is 0. The molecule has 1 fully saturated rings. The molecule has 0 saturated heterocycles. The van der Waals surface area contributed by atoms with Crippen LogP contribution in [0.2, 0.25) is 0 Å². The van der Waals surface area contributed by atoms with Gasteiger partial charge < -0.3 is 10.1 Å². The van der Waals surface area contributed by atoms with E-state index in [2.05, 4.69) is 5.32 Å². The van der Waals surface area contributed by atoms with Gasteiger partial charge in [0.25, 0.3) is 0 Å². The molecule has 0 spiro atoms. The van der Waals surface area contributed by atoms with E-state index < -0.39 is 0 Å². The van der Waals surface area contributed by atoms with E-state index in [1.807, 2.05) is 6.92 Å². The van der Waals surface area contributed by atoms with E-state index in [-0.39, 0.29) is 17.6 Å². The number of ketones is 1. The average Bonchev–Trinajstić information content (AvgIpc) is 2.18. The Morgan fingerprint density at radius 1 is 1.27 bits per heavy atom. The lowest BCUT2D eigenvalue weighted by atomic mass is 9.94. The van der Waals surface area contributed by atoms with Crippen LogP contribution in [0.15, 0.2) is 0 Å². The van der Waals surface area contributed by atoms with Crippen molar-refractivity contribution in [3.8, 4) is 0 Å². The van der Waals surface area contributed by atoms with Crippen LogP contribution in [0.5, 0.6) is 0 Å². The maximum absolute atomic E-state index is 11.7. The van der Waals surface area contributed by atoms with Crippen molar-refractivity contribution in [2.24, 2.45) is 5.92 Å². The maximum atomic E-state index is 11.7. The lowest BCUT2D eigenvalue weighted by Crippen LogP contribution is -2.39. The second-order valence-corrected chi connectivity index (χ2v) is 4.65. The molecule has 0 bridgehead atoms. The van der Waals surface area contributed by atoms with E-state index in [1.165, 1.54) is 26.2 Å². The predicted molar refractivity (Wildman–Crippen MR) is 59.5 cm³/mol. The fourth-order valence-corrected chi connectivity index (χ4v) is 2.11. The first-order valence-electron chi connectivity index (χ1n) is 5.89. The minimum absolute atomic E-state index is 0.0390. The van der Waals surface area contributed by atoms with E-state index in [1.54, 1.807) is 0 Å². The summed E-state index contributed by atoms with van der Waals surface area (Å²) in [6.07, 6.45) is 6.27. The largest absolute Gasteiger partial charge is 0.353 e. The SMILES string of the molecule is CC(=O)CC(C)C(=O)NC1CCCCC1. The van der Waals surface area contributed by atoms with Gasteiger partial charge in [-0.2, -0.15) is 0 Å². The van der Waals surface area contributed by atoms with Gasteiger partial charge in [-0.3, -0.25) is 4.79 Å². The molecule has 0 aromatic carbocycles. The zero-order valence-corrected chi connectivity index (χ0v) is 9.71. The monoisotopic (exact) mass is 211 g/mol. The quantitative estimate of drug-likeness (QED) is 0.773. The molecule has 0 aliphatic heterocycles. The first kappa shape index (κ1) is 12.2. The van der Waals surface area contributed by atoms with Gasteiger partial charge in [-0.1, -0.05) is 26.2 Å². The van der Waals surface area contributed by atoms with E-state index in [0.717, 1.165) is 12.8 Å². The molecule has 0 aromatic rings. The predicted octanol–water partition coefficient (Wildman–Crippen LogP) is 2.05. The third-order valence-electron chi connectivity index (χ3n) is 2.99. The molecule has 1 rings (SSSR count). The summed E-state index contributed by atoms with van der Waals surface area (Å²) in [5.74, 6) is -0.0529. The fraction of sp³-hybridized carbons (Fsp3) is 0.833. The Kier molecular flexibility index (Phi) is 4.79. The number of amides is 1. The minimum Gasteiger partial charge on any atom is -0.353 e. The van der Waals surface area contributed by atoms with Crippen LogP contribution in [0.4, 0.5) is 0 Å². The topological polar surface area (TPSA) is 46.2 Å². The molecule has 3 nitrogen and oxygen atoms in total. The second kappa shape index (κ2) is 5.89. The van der Waals surface area contributed by atoms with Crippen molar-refractivity contribution in [3.05, 3.63) is 0 Å². The Bertz CT molecular complexity index is 232. The maximum Gasteiger partial charge on any atom is 0.223 e. The average molecular weight is 211 g/mol. The zero-order valence-electron chi connectivity index (χ0n) is 9.71. The highest BCUT2D eigenvalue weighted by Gasteiger charge is 2.20. The van der Waals surface area contributed by atoms with Gasteiger partial charge in [-0.25, -0.2) is 0 Å². The van der Waals surface area contributed by atoms with Crippen molar-refractivity contribution < 1.29 is 9.59 Å². The number of rotatable bonds is 4. The van der Waals surface area contributed by atoms with Crippen LogP contribution < -0.4 is 5.32 Å². The summed E-state index contributed by atoms with van der Waals surface area (Å²) in [7, 11) is 0. The zero-order chi connectivity index (χ0) is 11.3. The smallest absolute Gasteiger partial charge is 0.223 e. The van der Waals surface area contributed by atoms with Gasteiger partial charge in [0.1, 0.15) is 5.78 Å². The molecule has 0 aromatic heterocycles. The van der Waals surface area contributed by atoms with Gasteiger partial charge in [0.05, 0.1) is 0 Å². The Morgan fingerprint density at radius 2 is 1.87 bits per heavy atom. The van der Waals surface area contributed by atoms with Crippen molar-refractivity contribution in [2.45, 2.75) is 58.4 Å². The standard InChI is InChI=1S/C12H21NO2/c1-9(8-10(2)14)12(15)13-11-6-4-3-5-7-11/h9,11H,3-8H2,1-2H3,(H,13,15). The number of carbonyl (C=O) groups excluding carboxylic acids is 2. The molecular weight excluding hydrogens is 190 g/mol.